The van der Waals surface area contributed by atoms with Gasteiger partial charge < -0.3 is 20.8 Å². The maximum atomic E-state index is 12.2. The summed E-state index contributed by atoms with van der Waals surface area (Å²) in [6, 6.07) is 18.0. The second-order valence-electron chi connectivity index (χ2n) is 5.60. The molecule has 0 aliphatic carbocycles. The van der Waals surface area contributed by atoms with Gasteiger partial charge in [0.25, 0.3) is 11.8 Å². The second kappa shape index (κ2) is 7.98. The molecule has 2 amide bonds. The van der Waals surface area contributed by atoms with Crippen molar-refractivity contribution < 1.29 is 14.8 Å². The number of para-hydroxylation sites is 1. The van der Waals surface area contributed by atoms with E-state index in [1.807, 2.05) is 24.3 Å². The molecule has 26 heavy (non-hydrogen) atoms. The fourth-order valence-corrected chi connectivity index (χ4v) is 2.56. The highest BCUT2D eigenvalue weighted by molar-refractivity contribution is 6.45. The molecule has 1 heterocycles. The zero-order valence-corrected chi connectivity index (χ0v) is 13.9. The van der Waals surface area contributed by atoms with Crippen molar-refractivity contribution in [1.82, 2.24) is 15.6 Å². The fourth-order valence-electron chi connectivity index (χ4n) is 2.56. The van der Waals surface area contributed by atoms with Gasteiger partial charge in [0.2, 0.25) is 0 Å². The van der Waals surface area contributed by atoms with Gasteiger partial charge in [0.1, 0.15) is 5.69 Å². The van der Waals surface area contributed by atoms with E-state index in [0.717, 1.165) is 10.9 Å². The Bertz CT molecular complexity index is 915. The number of amides is 2. The molecule has 2 aromatic carbocycles. The maximum Gasteiger partial charge on any atom is 0.274 e. The van der Waals surface area contributed by atoms with E-state index in [2.05, 4.69) is 20.8 Å². The number of H-pyrrole nitrogens is 1. The highest BCUT2D eigenvalue weighted by Gasteiger charge is 2.14. The Morgan fingerprint density at radius 1 is 0.962 bits per heavy atom. The molecule has 0 atom stereocenters. The van der Waals surface area contributed by atoms with Crippen molar-refractivity contribution in [3.05, 3.63) is 71.9 Å². The van der Waals surface area contributed by atoms with E-state index in [1.165, 1.54) is 0 Å². The number of aromatic nitrogens is 1. The minimum atomic E-state index is -0.515. The number of nitrogens with one attached hydrogen (secondary N) is 3. The number of oxime groups is 1. The molecule has 4 N–H and O–H groups in total. The molecule has 0 radical (unpaired) electrons. The minimum absolute atomic E-state index is 0.0763. The Hall–Kier alpha value is -3.61. The lowest BCUT2D eigenvalue weighted by molar-refractivity contribution is -0.114. The van der Waals surface area contributed by atoms with Crippen molar-refractivity contribution in [1.29, 1.82) is 0 Å². The van der Waals surface area contributed by atoms with Crippen molar-refractivity contribution in [3.63, 3.8) is 0 Å². The third-order valence-electron chi connectivity index (χ3n) is 3.83. The van der Waals surface area contributed by atoms with Gasteiger partial charge in [-0.3, -0.25) is 9.59 Å². The van der Waals surface area contributed by atoms with Crippen LogP contribution in [0.4, 0.5) is 0 Å². The number of carbonyl (C=O) groups is 2. The smallest absolute Gasteiger partial charge is 0.274 e. The summed E-state index contributed by atoms with van der Waals surface area (Å²) in [5.74, 6) is -0.770. The lowest BCUT2D eigenvalue weighted by atomic mass is 10.1. The molecule has 0 aliphatic rings. The third kappa shape index (κ3) is 3.89. The summed E-state index contributed by atoms with van der Waals surface area (Å²) in [6.45, 7) is 0.449. The maximum absolute atomic E-state index is 12.2. The monoisotopic (exact) mass is 350 g/mol. The van der Waals surface area contributed by atoms with Crippen LogP contribution in [-0.2, 0) is 4.79 Å². The lowest BCUT2D eigenvalue weighted by Crippen LogP contribution is -2.38. The Balaban J connectivity index is 1.50. The molecule has 7 nitrogen and oxygen atoms in total. The van der Waals surface area contributed by atoms with Crippen LogP contribution in [0.5, 0.6) is 0 Å². The zero-order valence-electron chi connectivity index (χ0n) is 13.9. The molecule has 3 aromatic rings. The first kappa shape index (κ1) is 17.2. The van der Waals surface area contributed by atoms with E-state index < -0.39 is 5.91 Å². The van der Waals surface area contributed by atoms with E-state index in [4.69, 9.17) is 5.21 Å². The quantitative estimate of drug-likeness (QED) is 0.236. The van der Waals surface area contributed by atoms with Gasteiger partial charge in [0.15, 0.2) is 5.71 Å². The first-order valence-electron chi connectivity index (χ1n) is 8.10. The summed E-state index contributed by atoms with van der Waals surface area (Å²) in [5.41, 5.74) is 1.78. The number of aromatic amines is 1. The van der Waals surface area contributed by atoms with Crippen molar-refractivity contribution in [2.75, 3.05) is 13.1 Å². The third-order valence-corrected chi connectivity index (χ3v) is 3.83. The Morgan fingerprint density at radius 2 is 1.65 bits per heavy atom. The first-order chi connectivity index (χ1) is 12.7. The molecule has 0 saturated heterocycles. The second-order valence-corrected chi connectivity index (χ2v) is 5.60. The highest BCUT2D eigenvalue weighted by Crippen LogP contribution is 2.14. The number of fused-ring (bicyclic) bond motifs is 1. The predicted molar refractivity (Wildman–Crippen MR) is 98.4 cm³/mol. The van der Waals surface area contributed by atoms with Gasteiger partial charge in [-0.05, 0) is 12.1 Å². The molecule has 7 heteroatoms. The molecule has 132 valence electrons. The first-order valence-corrected chi connectivity index (χ1v) is 8.10. The standard InChI is InChI=1S/C19H18N4O3/c24-18(16-12-14-8-4-5-9-15(14)22-16)20-10-11-21-19(25)17(23-26)13-6-2-1-3-7-13/h1-9,12,22,26H,10-11H2,(H,20,24)(H,21,25)/b23-17-. The van der Waals surface area contributed by atoms with E-state index in [-0.39, 0.29) is 24.7 Å². The number of carbonyl (C=O) groups excluding carboxylic acids is 2. The molecule has 0 unspecified atom stereocenters. The lowest BCUT2D eigenvalue weighted by Gasteiger charge is -2.07. The minimum Gasteiger partial charge on any atom is -0.410 e. The molecular formula is C19H18N4O3. The van der Waals surface area contributed by atoms with Crippen LogP contribution < -0.4 is 10.6 Å². The van der Waals surface area contributed by atoms with Crippen molar-refractivity contribution in [2.24, 2.45) is 5.16 Å². The Kier molecular flexibility index (Phi) is 5.28. The average molecular weight is 350 g/mol. The van der Waals surface area contributed by atoms with Gasteiger partial charge >= 0.3 is 0 Å². The van der Waals surface area contributed by atoms with Crippen LogP contribution in [0.1, 0.15) is 16.1 Å². The van der Waals surface area contributed by atoms with Gasteiger partial charge in [-0.2, -0.15) is 0 Å². The van der Waals surface area contributed by atoms with Crippen molar-refractivity contribution in [3.8, 4) is 0 Å². The molecule has 0 aliphatic heterocycles. The van der Waals surface area contributed by atoms with Gasteiger partial charge in [0.05, 0.1) is 0 Å². The number of hydrogen-bond donors (Lipinski definition) is 4. The van der Waals surface area contributed by atoms with Crippen molar-refractivity contribution in [2.45, 2.75) is 0 Å². The molecule has 0 spiro atoms. The van der Waals surface area contributed by atoms with Gasteiger partial charge in [-0.1, -0.05) is 53.7 Å². The number of benzene rings is 2. The number of hydrogen-bond acceptors (Lipinski definition) is 4. The largest absolute Gasteiger partial charge is 0.410 e. The van der Waals surface area contributed by atoms with E-state index in [1.54, 1.807) is 36.4 Å². The van der Waals surface area contributed by atoms with Gasteiger partial charge in [-0.15, -0.1) is 0 Å². The summed E-state index contributed by atoms with van der Waals surface area (Å²) in [7, 11) is 0. The fraction of sp³-hybridized carbons (Fsp3) is 0.105. The SMILES string of the molecule is O=C(NCCNC(=O)c1cc2ccccc2[nH]1)/C(=N\O)c1ccccc1. The number of nitrogens with zero attached hydrogens (tertiary/aromatic N) is 1. The van der Waals surface area contributed by atoms with Crippen LogP contribution in [0.25, 0.3) is 10.9 Å². The predicted octanol–water partition coefficient (Wildman–Crippen LogP) is 1.89. The number of rotatable bonds is 6. The summed E-state index contributed by atoms with van der Waals surface area (Å²) in [4.78, 5) is 27.3. The molecule has 3 rings (SSSR count). The normalized spacial score (nSPS) is 11.3. The van der Waals surface area contributed by atoms with Crippen molar-refractivity contribution >= 4 is 28.4 Å². The molecule has 0 fully saturated rings. The van der Waals surface area contributed by atoms with Crippen LogP contribution in [0.15, 0.2) is 65.8 Å². The van der Waals surface area contributed by atoms with E-state index in [0.29, 0.717) is 11.3 Å². The molecule has 0 bridgehead atoms. The molecular weight excluding hydrogens is 332 g/mol. The van der Waals surface area contributed by atoms with E-state index in [9.17, 15) is 9.59 Å². The summed E-state index contributed by atoms with van der Waals surface area (Å²) < 4.78 is 0. The van der Waals surface area contributed by atoms with Crippen LogP contribution >= 0.6 is 0 Å². The zero-order chi connectivity index (χ0) is 18.4. The van der Waals surface area contributed by atoms with Crippen LogP contribution in [0.3, 0.4) is 0 Å². The summed E-state index contributed by atoms with van der Waals surface area (Å²) >= 11 is 0. The van der Waals surface area contributed by atoms with E-state index >= 15 is 0 Å². The topological polar surface area (TPSA) is 107 Å². The van der Waals surface area contributed by atoms with Gasteiger partial charge in [0, 0.05) is 29.6 Å². The van der Waals surface area contributed by atoms with Crippen LogP contribution in [0.2, 0.25) is 0 Å². The van der Waals surface area contributed by atoms with Crippen LogP contribution in [0, 0.1) is 0 Å². The van der Waals surface area contributed by atoms with Gasteiger partial charge in [-0.25, -0.2) is 0 Å². The Labute approximate surface area is 149 Å². The molecule has 1 aromatic heterocycles. The Morgan fingerprint density at radius 3 is 2.38 bits per heavy atom. The molecule has 0 saturated carbocycles. The highest BCUT2D eigenvalue weighted by atomic mass is 16.4. The van der Waals surface area contributed by atoms with Crippen LogP contribution in [-0.4, -0.2) is 40.8 Å². The average Bonchev–Trinajstić information content (AvgIpc) is 3.11. The summed E-state index contributed by atoms with van der Waals surface area (Å²) in [6.07, 6.45) is 0. The summed E-state index contributed by atoms with van der Waals surface area (Å²) in [5, 5.41) is 18.4.